The number of nitrogens with two attached hydrogens (primary N) is 1. The van der Waals surface area contributed by atoms with Gasteiger partial charge in [0.05, 0.1) is 30.9 Å². The van der Waals surface area contributed by atoms with Gasteiger partial charge in [-0.3, -0.25) is 0 Å². The normalized spacial score (nSPS) is 16.7. The second kappa shape index (κ2) is 5.12. The molecule has 0 saturated heterocycles. The Kier molecular flexibility index (Phi) is 3.76. The fraction of sp³-hybridized carbons (Fsp3) is 0.500. The Bertz CT molecular complexity index is 407. The van der Waals surface area contributed by atoms with Crippen LogP contribution in [0.1, 0.15) is 24.4 Å². The summed E-state index contributed by atoms with van der Waals surface area (Å²) in [5, 5.41) is 9.50. The van der Waals surface area contributed by atoms with Crippen LogP contribution >= 0.6 is 11.6 Å². The summed E-state index contributed by atoms with van der Waals surface area (Å²) in [4.78, 5) is 0. The van der Waals surface area contributed by atoms with Gasteiger partial charge in [0.2, 0.25) is 0 Å². The van der Waals surface area contributed by atoms with Crippen molar-refractivity contribution in [2.75, 3.05) is 13.7 Å². The van der Waals surface area contributed by atoms with E-state index < -0.39 is 6.04 Å². The van der Waals surface area contributed by atoms with Gasteiger partial charge in [0.1, 0.15) is 0 Å². The van der Waals surface area contributed by atoms with Gasteiger partial charge in [-0.15, -0.1) is 0 Å². The van der Waals surface area contributed by atoms with Crippen LogP contribution in [0.4, 0.5) is 0 Å². The molecule has 0 heterocycles. The van der Waals surface area contributed by atoms with E-state index in [0.717, 1.165) is 18.4 Å². The summed E-state index contributed by atoms with van der Waals surface area (Å²) < 4.78 is 10.9. The Balaban J connectivity index is 2.31. The quantitative estimate of drug-likeness (QED) is 0.845. The molecule has 0 amide bonds. The third-order valence-corrected chi connectivity index (χ3v) is 2.97. The first-order valence-corrected chi connectivity index (χ1v) is 5.94. The molecule has 1 aliphatic carbocycles. The van der Waals surface area contributed by atoms with Crippen LogP contribution in [0.25, 0.3) is 0 Å². The Morgan fingerprint density at radius 2 is 2.24 bits per heavy atom. The van der Waals surface area contributed by atoms with Crippen LogP contribution in [0.2, 0.25) is 5.02 Å². The highest BCUT2D eigenvalue weighted by molar-refractivity contribution is 6.32. The SMILES string of the molecule is COc1cc(C(N)CO)cc(Cl)c1OC1CC1. The molecule has 1 aromatic rings. The van der Waals surface area contributed by atoms with E-state index in [9.17, 15) is 0 Å². The van der Waals surface area contributed by atoms with Crippen LogP contribution in [-0.2, 0) is 0 Å². The Labute approximate surface area is 105 Å². The molecule has 1 aliphatic rings. The number of aliphatic hydroxyl groups is 1. The number of hydrogen-bond donors (Lipinski definition) is 2. The van der Waals surface area contributed by atoms with Crippen LogP contribution in [0, 0.1) is 0 Å². The predicted octanol–water partition coefficient (Wildman–Crippen LogP) is 1.88. The fourth-order valence-electron chi connectivity index (χ4n) is 1.53. The van der Waals surface area contributed by atoms with E-state index in [1.807, 2.05) is 0 Å². The van der Waals surface area contributed by atoms with Crippen LogP contribution in [0.15, 0.2) is 12.1 Å². The zero-order chi connectivity index (χ0) is 12.4. The number of ether oxygens (including phenoxy) is 2. The minimum Gasteiger partial charge on any atom is -0.493 e. The van der Waals surface area contributed by atoms with E-state index in [4.69, 9.17) is 31.9 Å². The Hall–Kier alpha value is -0.970. The summed E-state index contributed by atoms with van der Waals surface area (Å²) in [6.07, 6.45) is 2.35. The van der Waals surface area contributed by atoms with Crippen LogP contribution in [-0.4, -0.2) is 24.9 Å². The van der Waals surface area contributed by atoms with Gasteiger partial charge in [0, 0.05) is 0 Å². The summed E-state index contributed by atoms with van der Waals surface area (Å²) in [5.41, 5.74) is 6.48. The van der Waals surface area contributed by atoms with Crippen molar-refractivity contribution >= 4 is 11.6 Å². The maximum absolute atomic E-state index is 9.03. The Morgan fingerprint density at radius 3 is 2.76 bits per heavy atom. The Morgan fingerprint density at radius 1 is 1.53 bits per heavy atom. The molecule has 1 atom stereocenters. The zero-order valence-electron chi connectivity index (χ0n) is 9.65. The lowest BCUT2D eigenvalue weighted by Crippen LogP contribution is -2.14. The molecular formula is C12H16ClNO3. The number of aliphatic hydroxyl groups excluding tert-OH is 1. The first-order valence-electron chi connectivity index (χ1n) is 5.56. The number of halogens is 1. The van der Waals surface area contributed by atoms with Crippen molar-refractivity contribution in [3.8, 4) is 11.5 Å². The van der Waals surface area contributed by atoms with E-state index in [0.29, 0.717) is 16.5 Å². The smallest absolute Gasteiger partial charge is 0.180 e. The molecular weight excluding hydrogens is 242 g/mol. The molecule has 94 valence electrons. The van der Waals surface area contributed by atoms with Crippen LogP contribution in [0.5, 0.6) is 11.5 Å². The molecule has 3 N–H and O–H groups in total. The molecule has 0 radical (unpaired) electrons. The molecule has 2 rings (SSSR count). The lowest BCUT2D eigenvalue weighted by atomic mass is 10.1. The fourth-order valence-corrected chi connectivity index (χ4v) is 1.79. The molecule has 4 nitrogen and oxygen atoms in total. The number of benzene rings is 1. The first-order chi connectivity index (χ1) is 8.15. The lowest BCUT2D eigenvalue weighted by molar-refractivity contribution is 0.266. The minimum atomic E-state index is -0.462. The van der Waals surface area contributed by atoms with Crippen molar-refractivity contribution < 1.29 is 14.6 Å². The van der Waals surface area contributed by atoms with Gasteiger partial charge in [-0.2, -0.15) is 0 Å². The summed E-state index contributed by atoms with van der Waals surface area (Å²) in [6, 6.07) is 3.00. The second-order valence-electron chi connectivity index (χ2n) is 4.14. The molecule has 0 spiro atoms. The highest BCUT2D eigenvalue weighted by atomic mass is 35.5. The zero-order valence-corrected chi connectivity index (χ0v) is 10.4. The molecule has 5 heteroatoms. The maximum atomic E-state index is 9.03. The topological polar surface area (TPSA) is 64.7 Å². The van der Waals surface area contributed by atoms with Gasteiger partial charge in [0.25, 0.3) is 0 Å². The monoisotopic (exact) mass is 257 g/mol. The summed E-state index contributed by atoms with van der Waals surface area (Å²) in [5.74, 6) is 1.12. The van der Waals surface area contributed by atoms with Gasteiger partial charge in [-0.25, -0.2) is 0 Å². The van der Waals surface area contributed by atoms with Crippen molar-refractivity contribution in [1.82, 2.24) is 0 Å². The summed E-state index contributed by atoms with van der Waals surface area (Å²) >= 11 is 6.14. The number of methoxy groups -OCH3 is 1. The highest BCUT2D eigenvalue weighted by Gasteiger charge is 2.26. The minimum absolute atomic E-state index is 0.137. The van der Waals surface area contributed by atoms with Gasteiger partial charge in [-0.05, 0) is 30.5 Å². The van der Waals surface area contributed by atoms with Crippen LogP contribution < -0.4 is 15.2 Å². The molecule has 0 aromatic heterocycles. The van der Waals surface area contributed by atoms with Crippen molar-refractivity contribution in [2.24, 2.45) is 5.73 Å². The van der Waals surface area contributed by atoms with Crippen molar-refractivity contribution in [3.05, 3.63) is 22.7 Å². The van der Waals surface area contributed by atoms with Gasteiger partial charge in [-0.1, -0.05) is 11.6 Å². The van der Waals surface area contributed by atoms with Gasteiger partial charge >= 0.3 is 0 Å². The molecule has 0 aliphatic heterocycles. The van der Waals surface area contributed by atoms with Crippen molar-refractivity contribution in [2.45, 2.75) is 25.0 Å². The third-order valence-electron chi connectivity index (χ3n) is 2.69. The first kappa shape index (κ1) is 12.5. The molecule has 17 heavy (non-hydrogen) atoms. The number of hydrogen-bond acceptors (Lipinski definition) is 4. The third kappa shape index (κ3) is 2.83. The predicted molar refractivity (Wildman–Crippen MR) is 65.7 cm³/mol. The van der Waals surface area contributed by atoms with E-state index in [1.165, 1.54) is 0 Å². The van der Waals surface area contributed by atoms with E-state index in [1.54, 1.807) is 19.2 Å². The van der Waals surface area contributed by atoms with E-state index >= 15 is 0 Å². The summed E-state index contributed by atoms with van der Waals surface area (Å²) in [7, 11) is 1.56. The maximum Gasteiger partial charge on any atom is 0.180 e. The molecule has 1 aromatic carbocycles. The van der Waals surface area contributed by atoms with Gasteiger partial charge < -0.3 is 20.3 Å². The van der Waals surface area contributed by atoms with Gasteiger partial charge in [0.15, 0.2) is 11.5 Å². The average molecular weight is 258 g/mol. The standard InChI is InChI=1S/C12H16ClNO3/c1-16-11-5-7(10(14)6-15)4-9(13)12(11)17-8-2-3-8/h4-5,8,10,15H,2-3,6,14H2,1H3. The van der Waals surface area contributed by atoms with Crippen molar-refractivity contribution in [3.63, 3.8) is 0 Å². The number of rotatable bonds is 5. The molecule has 1 saturated carbocycles. The molecule has 1 unspecified atom stereocenters. The second-order valence-corrected chi connectivity index (χ2v) is 4.55. The van der Waals surface area contributed by atoms with E-state index in [-0.39, 0.29) is 12.7 Å². The lowest BCUT2D eigenvalue weighted by Gasteiger charge is -2.16. The average Bonchev–Trinajstić information content (AvgIpc) is 3.14. The summed E-state index contributed by atoms with van der Waals surface area (Å²) in [6.45, 7) is -0.137. The van der Waals surface area contributed by atoms with Crippen molar-refractivity contribution in [1.29, 1.82) is 0 Å². The van der Waals surface area contributed by atoms with E-state index in [2.05, 4.69) is 0 Å². The molecule has 1 fully saturated rings. The molecule has 0 bridgehead atoms. The highest BCUT2D eigenvalue weighted by Crippen LogP contribution is 2.40. The van der Waals surface area contributed by atoms with Crippen LogP contribution in [0.3, 0.4) is 0 Å². The largest absolute Gasteiger partial charge is 0.493 e.